The van der Waals surface area contributed by atoms with Crippen LogP contribution in [0.4, 0.5) is 10.6 Å². The predicted molar refractivity (Wildman–Crippen MR) is 99.5 cm³/mol. The van der Waals surface area contributed by atoms with Crippen LogP contribution in [0.5, 0.6) is 0 Å². The molecule has 5 nitrogen and oxygen atoms in total. The molecule has 0 aliphatic carbocycles. The van der Waals surface area contributed by atoms with Gasteiger partial charge in [0, 0.05) is 18.8 Å². The largest absolute Gasteiger partial charge is 1.00 e. The van der Waals surface area contributed by atoms with E-state index in [-0.39, 0.29) is 24.0 Å². The van der Waals surface area contributed by atoms with Crippen molar-refractivity contribution >= 4 is 23.2 Å². The van der Waals surface area contributed by atoms with Crippen LogP contribution in [0.3, 0.4) is 0 Å². The number of rotatable bonds is 4. The molecule has 1 atom stereocenters. The van der Waals surface area contributed by atoms with Crippen molar-refractivity contribution in [3.05, 3.63) is 35.8 Å². The van der Waals surface area contributed by atoms with Gasteiger partial charge in [0.25, 0.3) is 0 Å². The van der Waals surface area contributed by atoms with Crippen LogP contribution >= 0.6 is 11.3 Å². The number of quaternary nitrogens is 1. The Morgan fingerprint density at radius 1 is 1.31 bits per heavy atom. The number of amides is 1. The van der Waals surface area contributed by atoms with E-state index in [1.807, 2.05) is 30.3 Å². The molecular weight excluding hydrogens is 461 g/mol. The first-order chi connectivity index (χ1) is 12.1. The maximum atomic E-state index is 12.2. The molecule has 7 heteroatoms. The fraction of sp³-hybridized carbons (Fsp3) is 0.474. The lowest BCUT2D eigenvalue weighted by Crippen LogP contribution is -3.00. The topological polar surface area (TPSA) is 51.2 Å². The zero-order chi connectivity index (χ0) is 17.3. The summed E-state index contributed by atoms with van der Waals surface area (Å²) in [6, 6.07) is 9.97. The number of carbonyl (C=O) groups excluding carboxylic acids is 1. The van der Waals surface area contributed by atoms with E-state index in [9.17, 15) is 4.79 Å². The first-order valence-corrected chi connectivity index (χ1v) is 9.77. The van der Waals surface area contributed by atoms with Crippen molar-refractivity contribution < 1.29 is 38.0 Å². The average Bonchev–Trinajstić information content (AvgIpc) is 3.09. The van der Waals surface area contributed by atoms with Gasteiger partial charge >= 0.3 is 6.09 Å². The number of carbonyl (C=O) groups is 1. The zero-order valence-corrected chi connectivity index (χ0v) is 17.8. The number of piperidine rings is 3. The van der Waals surface area contributed by atoms with Gasteiger partial charge in [0.15, 0.2) is 5.82 Å². The standard InChI is InChI=1S/C19H23N3O2S.HI/c1-22-9-7-14(8-10-22)16(11-22)12-24-19(23)21-18-17(25-13-20-18)15-5-3-2-4-6-15;/h2-6,13-14,16H,7-12H2,1H3;1H. The first-order valence-electron chi connectivity index (χ1n) is 8.89. The number of halogens is 1. The van der Waals surface area contributed by atoms with Gasteiger partial charge in [-0.05, 0) is 11.5 Å². The SMILES string of the molecule is C[N+]12CCC(CC1)C(COC(=O)Nc1ncsc1-c1ccccc1)C2.[I-]. The molecule has 2 aromatic rings. The summed E-state index contributed by atoms with van der Waals surface area (Å²) in [5, 5.41) is 2.82. The zero-order valence-electron chi connectivity index (χ0n) is 14.9. The predicted octanol–water partition coefficient (Wildman–Crippen LogP) is 0.849. The fourth-order valence-electron chi connectivity index (χ4n) is 4.21. The molecule has 1 unspecified atom stereocenters. The van der Waals surface area contributed by atoms with E-state index >= 15 is 0 Å². The average molecular weight is 485 g/mol. The second kappa shape index (κ2) is 8.22. The van der Waals surface area contributed by atoms with Crippen LogP contribution in [0.1, 0.15) is 12.8 Å². The second-order valence-electron chi connectivity index (χ2n) is 7.47. The Labute approximate surface area is 175 Å². The molecular formula is C19H24IN3O2S. The summed E-state index contributed by atoms with van der Waals surface area (Å²) in [6.45, 7) is 4.18. The van der Waals surface area contributed by atoms with Gasteiger partial charge in [-0.15, -0.1) is 11.3 Å². The Morgan fingerprint density at radius 2 is 2.04 bits per heavy atom. The normalized spacial score (nSPS) is 26.8. The van der Waals surface area contributed by atoms with Gasteiger partial charge < -0.3 is 33.2 Å². The summed E-state index contributed by atoms with van der Waals surface area (Å²) < 4.78 is 6.68. The van der Waals surface area contributed by atoms with Crippen LogP contribution in [0.25, 0.3) is 10.4 Å². The van der Waals surface area contributed by atoms with Gasteiger partial charge in [-0.3, -0.25) is 5.32 Å². The summed E-state index contributed by atoms with van der Waals surface area (Å²) in [6.07, 6.45) is 2.12. The van der Waals surface area contributed by atoms with Crippen molar-refractivity contribution in [2.75, 3.05) is 38.6 Å². The molecule has 5 rings (SSSR count). The number of ether oxygens (including phenoxy) is 1. The highest BCUT2D eigenvalue weighted by atomic mass is 127. The molecule has 1 aromatic heterocycles. The smallest absolute Gasteiger partial charge is 0.412 e. The van der Waals surface area contributed by atoms with Crippen LogP contribution in [0.15, 0.2) is 35.8 Å². The number of anilines is 1. The van der Waals surface area contributed by atoms with Crippen molar-refractivity contribution in [2.45, 2.75) is 12.8 Å². The Morgan fingerprint density at radius 3 is 2.73 bits per heavy atom. The number of hydrogen-bond acceptors (Lipinski definition) is 4. The third-order valence-electron chi connectivity index (χ3n) is 5.67. The highest BCUT2D eigenvalue weighted by Gasteiger charge is 2.43. The highest BCUT2D eigenvalue weighted by Crippen LogP contribution is 2.36. The molecule has 0 spiro atoms. The number of fused-ring (bicyclic) bond motifs is 3. The fourth-order valence-corrected chi connectivity index (χ4v) is 4.97. The lowest BCUT2D eigenvalue weighted by Gasteiger charge is -2.50. The van der Waals surface area contributed by atoms with E-state index in [1.165, 1.54) is 37.3 Å². The van der Waals surface area contributed by atoms with E-state index in [2.05, 4.69) is 17.3 Å². The van der Waals surface area contributed by atoms with Crippen molar-refractivity contribution in [2.24, 2.45) is 11.8 Å². The second-order valence-corrected chi connectivity index (χ2v) is 8.32. The molecule has 0 radical (unpaired) electrons. The summed E-state index contributed by atoms with van der Waals surface area (Å²) in [5.41, 5.74) is 2.80. The molecule has 3 aliphatic rings. The molecule has 3 fully saturated rings. The molecule has 140 valence electrons. The molecule has 4 heterocycles. The molecule has 26 heavy (non-hydrogen) atoms. The Hall–Kier alpha value is -1.19. The number of aromatic nitrogens is 1. The van der Waals surface area contributed by atoms with Crippen LogP contribution < -0.4 is 29.3 Å². The van der Waals surface area contributed by atoms with Gasteiger partial charge in [0.05, 0.1) is 37.1 Å². The van der Waals surface area contributed by atoms with E-state index in [0.29, 0.717) is 24.3 Å². The van der Waals surface area contributed by atoms with E-state index < -0.39 is 6.09 Å². The van der Waals surface area contributed by atoms with Gasteiger partial charge in [-0.2, -0.15) is 0 Å². The molecule has 1 aromatic carbocycles. The minimum Gasteiger partial charge on any atom is -1.00 e. The van der Waals surface area contributed by atoms with Crippen LogP contribution in [0, 0.1) is 11.8 Å². The summed E-state index contributed by atoms with van der Waals surface area (Å²) in [5.74, 6) is 1.78. The maximum Gasteiger partial charge on any atom is 0.412 e. The number of thiazole rings is 1. The summed E-state index contributed by atoms with van der Waals surface area (Å²) in [7, 11) is 2.32. The quantitative estimate of drug-likeness (QED) is 0.517. The maximum absolute atomic E-state index is 12.2. The van der Waals surface area contributed by atoms with Crippen LogP contribution in [0.2, 0.25) is 0 Å². The highest BCUT2D eigenvalue weighted by molar-refractivity contribution is 7.13. The number of benzene rings is 1. The van der Waals surface area contributed by atoms with Crippen molar-refractivity contribution in [1.29, 1.82) is 0 Å². The minimum atomic E-state index is -0.401. The lowest BCUT2D eigenvalue weighted by atomic mass is 9.78. The molecule has 2 bridgehead atoms. The third-order valence-corrected chi connectivity index (χ3v) is 6.55. The molecule has 0 saturated carbocycles. The van der Waals surface area contributed by atoms with Gasteiger partial charge in [-0.1, -0.05) is 30.3 Å². The Balaban J connectivity index is 0.00000196. The van der Waals surface area contributed by atoms with Crippen molar-refractivity contribution in [1.82, 2.24) is 4.98 Å². The van der Waals surface area contributed by atoms with E-state index in [1.54, 1.807) is 5.51 Å². The number of hydrogen-bond donors (Lipinski definition) is 1. The van der Waals surface area contributed by atoms with Gasteiger partial charge in [0.1, 0.15) is 6.61 Å². The lowest BCUT2D eigenvalue weighted by molar-refractivity contribution is -0.929. The monoisotopic (exact) mass is 485 g/mol. The first kappa shape index (κ1) is 19.6. The van der Waals surface area contributed by atoms with Gasteiger partial charge in [-0.25, -0.2) is 9.78 Å². The minimum absolute atomic E-state index is 0. The van der Waals surface area contributed by atoms with E-state index in [4.69, 9.17) is 4.74 Å². The third kappa shape index (κ3) is 4.20. The molecule has 3 aliphatic heterocycles. The van der Waals surface area contributed by atoms with Crippen molar-refractivity contribution in [3.8, 4) is 10.4 Å². The van der Waals surface area contributed by atoms with Crippen molar-refractivity contribution in [3.63, 3.8) is 0 Å². The van der Waals surface area contributed by atoms with Gasteiger partial charge in [0.2, 0.25) is 0 Å². The molecule has 1 amide bonds. The molecule has 1 N–H and O–H groups in total. The Bertz CT molecular complexity index is 744. The van der Waals surface area contributed by atoms with Crippen LogP contribution in [-0.2, 0) is 4.74 Å². The number of nitrogens with one attached hydrogen (secondary N) is 1. The summed E-state index contributed by atoms with van der Waals surface area (Å²) in [4.78, 5) is 17.5. The Kier molecular flexibility index (Phi) is 6.19. The molecule has 3 saturated heterocycles. The number of nitrogens with zero attached hydrogens (tertiary/aromatic N) is 2. The van der Waals surface area contributed by atoms with E-state index in [0.717, 1.165) is 21.5 Å². The summed E-state index contributed by atoms with van der Waals surface area (Å²) >= 11 is 1.52. The van der Waals surface area contributed by atoms with Crippen LogP contribution in [-0.4, -0.2) is 48.8 Å².